The summed E-state index contributed by atoms with van der Waals surface area (Å²) in [5, 5.41) is 3.11. The molecule has 2 heterocycles. The van der Waals surface area contributed by atoms with Crippen LogP contribution < -0.4 is 5.32 Å². The smallest absolute Gasteiger partial charge is 0.324 e. The van der Waals surface area contributed by atoms with E-state index in [1.807, 2.05) is 30.3 Å². The molecule has 0 spiro atoms. The third-order valence-corrected chi connectivity index (χ3v) is 4.69. The van der Waals surface area contributed by atoms with Crippen molar-refractivity contribution >= 4 is 22.8 Å². The largest absolute Gasteiger partial charge is 0.460 e. The van der Waals surface area contributed by atoms with Crippen molar-refractivity contribution in [3.8, 4) is 0 Å². The van der Waals surface area contributed by atoms with Gasteiger partial charge in [0.15, 0.2) is 0 Å². The van der Waals surface area contributed by atoms with Crippen molar-refractivity contribution in [2.75, 3.05) is 6.54 Å². The van der Waals surface area contributed by atoms with Gasteiger partial charge in [0, 0.05) is 6.54 Å². The van der Waals surface area contributed by atoms with Gasteiger partial charge in [-0.3, -0.25) is 9.59 Å². The Morgan fingerprint density at radius 2 is 2.22 bits per heavy atom. The number of ether oxygens (including phenoxy) is 1. The fraction of sp³-hybridized carbons (Fsp3) is 0.385. The van der Waals surface area contributed by atoms with Crippen LogP contribution in [0.4, 0.5) is 0 Å². The molecule has 1 aromatic rings. The zero-order chi connectivity index (χ0) is 12.6. The van der Waals surface area contributed by atoms with Gasteiger partial charge in [-0.2, -0.15) is 0 Å². The maximum Gasteiger partial charge on any atom is 0.324 e. The fourth-order valence-electron chi connectivity index (χ4n) is 2.32. The summed E-state index contributed by atoms with van der Waals surface area (Å²) in [5.74, 6) is -0.280. The molecular formula is C13H13NO3S. The maximum absolute atomic E-state index is 12.1. The predicted octanol–water partition coefficient (Wildman–Crippen LogP) is 1.10. The number of hydrogen-bond acceptors (Lipinski definition) is 5. The minimum Gasteiger partial charge on any atom is -0.460 e. The molecule has 0 amide bonds. The van der Waals surface area contributed by atoms with Crippen LogP contribution in [0.15, 0.2) is 30.3 Å². The van der Waals surface area contributed by atoms with Gasteiger partial charge in [-0.1, -0.05) is 42.1 Å². The monoisotopic (exact) mass is 263 g/mol. The third kappa shape index (κ3) is 1.93. The Hall–Kier alpha value is -1.33. The molecule has 18 heavy (non-hydrogen) atoms. The summed E-state index contributed by atoms with van der Waals surface area (Å²) in [6, 6.07) is 9.38. The summed E-state index contributed by atoms with van der Waals surface area (Å²) < 4.78 is 4.65. The van der Waals surface area contributed by atoms with Crippen molar-refractivity contribution in [1.29, 1.82) is 0 Å². The number of fused-ring (bicyclic) bond motifs is 2. The lowest BCUT2D eigenvalue weighted by atomic mass is 10.1. The molecule has 94 valence electrons. The molecule has 2 aliphatic heterocycles. The number of rotatable bonds is 3. The number of nitrogens with one attached hydrogen (secondary N) is 1. The molecule has 2 fully saturated rings. The Morgan fingerprint density at radius 1 is 1.44 bits per heavy atom. The van der Waals surface area contributed by atoms with Gasteiger partial charge >= 0.3 is 5.97 Å². The van der Waals surface area contributed by atoms with Gasteiger partial charge < -0.3 is 10.1 Å². The van der Waals surface area contributed by atoms with Crippen LogP contribution in [0.3, 0.4) is 0 Å². The van der Waals surface area contributed by atoms with E-state index < -0.39 is 4.75 Å². The van der Waals surface area contributed by atoms with Gasteiger partial charge in [0.25, 0.3) is 0 Å². The summed E-state index contributed by atoms with van der Waals surface area (Å²) in [6.07, 6.45) is 0.560. The minimum absolute atomic E-state index is 0.0536. The lowest BCUT2D eigenvalue weighted by Crippen LogP contribution is -2.41. The molecule has 2 unspecified atom stereocenters. The maximum atomic E-state index is 12.1. The normalized spacial score (nSPS) is 29.6. The SMILES string of the molecule is O=C1SC2(C(=O)OCc3ccccc3)CNC1C2. The van der Waals surface area contributed by atoms with Crippen LogP contribution in [-0.4, -0.2) is 28.4 Å². The van der Waals surface area contributed by atoms with E-state index >= 15 is 0 Å². The molecule has 4 nitrogen and oxygen atoms in total. The van der Waals surface area contributed by atoms with E-state index in [2.05, 4.69) is 5.32 Å². The summed E-state index contributed by atoms with van der Waals surface area (Å²) >= 11 is 1.13. The molecule has 2 atom stereocenters. The zero-order valence-corrected chi connectivity index (χ0v) is 10.5. The van der Waals surface area contributed by atoms with Crippen molar-refractivity contribution in [2.45, 2.75) is 23.8 Å². The highest BCUT2D eigenvalue weighted by molar-refractivity contribution is 8.16. The van der Waals surface area contributed by atoms with Gasteiger partial charge in [-0.05, 0) is 12.0 Å². The highest BCUT2D eigenvalue weighted by Gasteiger charge is 2.57. The molecule has 3 rings (SSSR count). The number of benzene rings is 1. The van der Waals surface area contributed by atoms with Crippen molar-refractivity contribution < 1.29 is 14.3 Å². The summed E-state index contributed by atoms with van der Waals surface area (Å²) in [4.78, 5) is 23.6. The lowest BCUT2D eigenvalue weighted by Gasteiger charge is -2.22. The first-order valence-electron chi connectivity index (χ1n) is 5.87. The van der Waals surface area contributed by atoms with Crippen LogP contribution in [0.5, 0.6) is 0 Å². The van der Waals surface area contributed by atoms with Crippen molar-refractivity contribution in [2.24, 2.45) is 0 Å². The summed E-state index contributed by atoms with van der Waals surface area (Å²) in [5.41, 5.74) is 0.957. The second kappa shape index (κ2) is 4.40. The molecule has 0 aromatic heterocycles. The van der Waals surface area contributed by atoms with Gasteiger partial charge in [0.2, 0.25) is 5.12 Å². The van der Waals surface area contributed by atoms with Crippen LogP contribution >= 0.6 is 11.8 Å². The highest BCUT2D eigenvalue weighted by Crippen LogP contribution is 2.44. The molecule has 0 saturated carbocycles. The van der Waals surface area contributed by atoms with Crippen LogP contribution in [0.25, 0.3) is 0 Å². The molecule has 2 saturated heterocycles. The average Bonchev–Trinajstić information content (AvgIpc) is 2.96. The van der Waals surface area contributed by atoms with Crippen LogP contribution in [0.1, 0.15) is 12.0 Å². The molecule has 1 aromatic carbocycles. The standard InChI is InChI=1S/C13H13NO3S/c15-11-10-6-13(18-11,8-14-10)12(16)17-7-9-4-2-1-3-5-9/h1-5,10,14H,6-8H2. The van der Waals surface area contributed by atoms with Crippen molar-refractivity contribution in [3.05, 3.63) is 35.9 Å². The Bertz CT molecular complexity index is 490. The van der Waals surface area contributed by atoms with Gasteiger partial charge in [0.1, 0.15) is 11.4 Å². The minimum atomic E-state index is -0.684. The van der Waals surface area contributed by atoms with Gasteiger partial charge in [-0.25, -0.2) is 0 Å². The number of esters is 1. The predicted molar refractivity (Wildman–Crippen MR) is 68.0 cm³/mol. The van der Waals surface area contributed by atoms with Gasteiger partial charge in [0.05, 0.1) is 6.04 Å². The molecule has 0 aliphatic carbocycles. The second-order valence-corrected chi connectivity index (χ2v) is 6.00. The zero-order valence-electron chi connectivity index (χ0n) is 9.72. The lowest BCUT2D eigenvalue weighted by molar-refractivity contribution is -0.147. The first-order valence-corrected chi connectivity index (χ1v) is 6.69. The van der Waals surface area contributed by atoms with E-state index in [0.717, 1.165) is 17.3 Å². The van der Waals surface area contributed by atoms with Crippen LogP contribution in [0, 0.1) is 0 Å². The number of thioether (sulfide) groups is 1. The molecular weight excluding hydrogens is 250 g/mol. The molecule has 0 radical (unpaired) electrons. The number of carbonyl (C=O) groups is 2. The Morgan fingerprint density at radius 3 is 2.83 bits per heavy atom. The average molecular weight is 263 g/mol. The van der Waals surface area contributed by atoms with E-state index in [1.165, 1.54) is 0 Å². The summed E-state index contributed by atoms with van der Waals surface area (Å²) in [6.45, 7) is 0.794. The van der Waals surface area contributed by atoms with Crippen molar-refractivity contribution in [1.82, 2.24) is 5.32 Å². The topological polar surface area (TPSA) is 55.4 Å². The Balaban J connectivity index is 1.64. The highest BCUT2D eigenvalue weighted by atomic mass is 32.2. The molecule has 5 heteroatoms. The second-order valence-electron chi connectivity index (χ2n) is 4.61. The van der Waals surface area contributed by atoms with E-state index in [4.69, 9.17) is 4.74 Å². The van der Waals surface area contributed by atoms with E-state index in [0.29, 0.717) is 13.0 Å². The Kier molecular flexibility index (Phi) is 2.87. The van der Waals surface area contributed by atoms with Crippen LogP contribution in [-0.2, 0) is 20.9 Å². The molecule has 2 aliphatic rings. The van der Waals surface area contributed by atoms with E-state index in [9.17, 15) is 9.59 Å². The quantitative estimate of drug-likeness (QED) is 0.828. The van der Waals surface area contributed by atoms with E-state index in [1.54, 1.807) is 0 Å². The fourth-order valence-corrected chi connectivity index (χ4v) is 3.56. The molecule has 2 bridgehead atoms. The first-order chi connectivity index (χ1) is 8.70. The number of hydrogen-bond donors (Lipinski definition) is 1. The van der Waals surface area contributed by atoms with E-state index in [-0.39, 0.29) is 23.7 Å². The Labute approximate surface area is 109 Å². The van der Waals surface area contributed by atoms with Crippen LogP contribution in [0.2, 0.25) is 0 Å². The van der Waals surface area contributed by atoms with Gasteiger partial charge in [-0.15, -0.1) is 0 Å². The third-order valence-electron chi connectivity index (χ3n) is 3.33. The number of carbonyl (C=O) groups excluding carboxylic acids is 2. The summed E-state index contributed by atoms with van der Waals surface area (Å²) in [7, 11) is 0. The molecule has 1 N–H and O–H groups in total. The first kappa shape index (κ1) is 11.7. The van der Waals surface area contributed by atoms with Crippen molar-refractivity contribution in [3.63, 3.8) is 0 Å².